The molecule has 1 heterocycles. The van der Waals surface area contributed by atoms with Gasteiger partial charge in [0.2, 0.25) is 0 Å². The van der Waals surface area contributed by atoms with Gasteiger partial charge < -0.3 is 10.5 Å². The molecule has 0 atom stereocenters. The van der Waals surface area contributed by atoms with Gasteiger partial charge in [0, 0.05) is 6.20 Å². The van der Waals surface area contributed by atoms with Crippen LogP contribution in [-0.4, -0.2) is 29.6 Å². The fraction of sp³-hybridized carbons (Fsp3) is 0.0667. The predicted molar refractivity (Wildman–Crippen MR) is 85.4 cm³/mol. The highest BCUT2D eigenvalue weighted by Gasteiger charge is 2.08. The number of amides is 2. The summed E-state index contributed by atoms with van der Waals surface area (Å²) in [5.74, 6) is -0.500. The smallest absolute Gasteiger partial charge is 0.274 e. The lowest BCUT2D eigenvalue weighted by atomic mass is 10.2. The molecule has 2 amide bonds. The number of rotatable bonds is 6. The van der Waals surface area contributed by atoms with Crippen molar-refractivity contribution in [3.8, 4) is 5.75 Å². The third-order valence-electron chi connectivity index (χ3n) is 2.64. The van der Waals surface area contributed by atoms with Gasteiger partial charge in [-0.15, -0.1) is 0 Å². The van der Waals surface area contributed by atoms with Gasteiger partial charge in [0.15, 0.2) is 6.61 Å². The number of hydrogen-bond donors (Lipinski definition) is 2. The summed E-state index contributed by atoms with van der Waals surface area (Å²) in [4.78, 5) is 26.3. The highest BCUT2D eigenvalue weighted by molar-refractivity contribution is 6.32. The standard InChI is InChI=1S/C15H13ClN4O3/c16-14-12(2-1-7-18-14)15(22)20-19-8-10-3-5-11(6-4-10)23-9-13(17)21/h1-8H,9H2,(H2,17,21)(H,20,22)/b19-8+. The lowest BCUT2D eigenvalue weighted by Gasteiger charge is -2.03. The molecule has 0 radical (unpaired) electrons. The number of halogens is 1. The molecule has 8 heteroatoms. The lowest BCUT2D eigenvalue weighted by molar-refractivity contribution is -0.119. The first kappa shape index (κ1) is 16.4. The Kier molecular flexibility index (Phi) is 5.65. The highest BCUT2D eigenvalue weighted by atomic mass is 35.5. The molecular weight excluding hydrogens is 320 g/mol. The van der Waals surface area contributed by atoms with Crippen LogP contribution in [0, 0.1) is 0 Å². The molecule has 0 saturated carbocycles. The van der Waals surface area contributed by atoms with Crippen LogP contribution in [0.3, 0.4) is 0 Å². The number of aromatic nitrogens is 1. The van der Waals surface area contributed by atoms with Crippen molar-refractivity contribution in [1.29, 1.82) is 0 Å². The number of ether oxygens (including phenoxy) is 1. The number of pyridine rings is 1. The van der Waals surface area contributed by atoms with E-state index >= 15 is 0 Å². The number of primary amides is 1. The van der Waals surface area contributed by atoms with Crippen molar-refractivity contribution in [3.05, 3.63) is 58.9 Å². The second kappa shape index (κ2) is 7.90. The lowest BCUT2D eigenvalue weighted by Crippen LogP contribution is -2.20. The molecule has 1 aromatic heterocycles. The van der Waals surface area contributed by atoms with Gasteiger partial charge >= 0.3 is 0 Å². The van der Waals surface area contributed by atoms with E-state index in [0.29, 0.717) is 5.75 Å². The minimum absolute atomic E-state index is 0.108. The van der Waals surface area contributed by atoms with Crippen LogP contribution in [0.2, 0.25) is 5.15 Å². The van der Waals surface area contributed by atoms with E-state index in [-0.39, 0.29) is 17.3 Å². The summed E-state index contributed by atoms with van der Waals surface area (Å²) in [5, 5.41) is 3.94. The van der Waals surface area contributed by atoms with Crippen molar-refractivity contribution in [2.75, 3.05) is 6.61 Å². The van der Waals surface area contributed by atoms with Crippen LogP contribution in [0.15, 0.2) is 47.7 Å². The molecule has 7 nitrogen and oxygen atoms in total. The Balaban J connectivity index is 1.92. The Labute approximate surface area is 137 Å². The molecule has 23 heavy (non-hydrogen) atoms. The van der Waals surface area contributed by atoms with Crippen molar-refractivity contribution in [1.82, 2.24) is 10.4 Å². The molecule has 2 rings (SSSR count). The molecule has 0 aliphatic rings. The van der Waals surface area contributed by atoms with Gasteiger partial charge in [0.25, 0.3) is 11.8 Å². The van der Waals surface area contributed by atoms with E-state index < -0.39 is 11.8 Å². The first-order valence-electron chi connectivity index (χ1n) is 6.51. The molecule has 0 aliphatic heterocycles. The number of nitrogens with zero attached hydrogens (tertiary/aromatic N) is 2. The first-order chi connectivity index (χ1) is 11.1. The predicted octanol–water partition coefficient (Wildman–Crippen LogP) is 1.36. The van der Waals surface area contributed by atoms with E-state index in [1.54, 1.807) is 36.4 Å². The number of nitrogens with two attached hydrogens (primary N) is 1. The molecule has 0 aliphatic carbocycles. The Hall–Kier alpha value is -2.93. The second-order valence-electron chi connectivity index (χ2n) is 4.36. The molecule has 1 aromatic carbocycles. The zero-order chi connectivity index (χ0) is 16.7. The van der Waals surface area contributed by atoms with Crippen LogP contribution in [0.25, 0.3) is 0 Å². The van der Waals surface area contributed by atoms with Crippen LogP contribution in [0.5, 0.6) is 5.75 Å². The van der Waals surface area contributed by atoms with Gasteiger partial charge in [-0.2, -0.15) is 5.10 Å². The summed E-state index contributed by atoms with van der Waals surface area (Å²) in [6, 6.07) is 9.89. The maximum atomic E-state index is 11.8. The number of carbonyl (C=O) groups is 2. The molecule has 0 unspecified atom stereocenters. The number of carbonyl (C=O) groups excluding carboxylic acids is 2. The zero-order valence-electron chi connectivity index (χ0n) is 11.9. The largest absolute Gasteiger partial charge is 0.484 e. The maximum Gasteiger partial charge on any atom is 0.274 e. The van der Waals surface area contributed by atoms with Crippen molar-refractivity contribution in [2.24, 2.45) is 10.8 Å². The second-order valence-corrected chi connectivity index (χ2v) is 4.72. The summed E-state index contributed by atoms with van der Waals surface area (Å²) < 4.78 is 5.13. The summed E-state index contributed by atoms with van der Waals surface area (Å²) in [6.07, 6.45) is 2.95. The molecule has 118 valence electrons. The summed E-state index contributed by atoms with van der Waals surface area (Å²) in [5.41, 5.74) is 8.31. The van der Waals surface area contributed by atoms with E-state index in [0.717, 1.165) is 5.56 Å². The monoisotopic (exact) mass is 332 g/mol. The fourth-order valence-electron chi connectivity index (χ4n) is 1.59. The minimum atomic E-state index is -0.549. The van der Waals surface area contributed by atoms with Gasteiger partial charge in [-0.3, -0.25) is 9.59 Å². The average Bonchev–Trinajstić information content (AvgIpc) is 2.54. The van der Waals surface area contributed by atoms with Crippen molar-refractivity contribution < 1.29 is 14.3 Å². The fourth-order valence-corrected chi connectivity index (χ4v) is 1.79. The van der Waals surface area contributed by atoms with Crippen LogP contribution >= 0.6 is 11.6 Å². The minimum Gasteiger partial charge on any atom is -0.484 e. The molecule has 0 saturated heterocycles. The Morgan fingerprint density at radius 3 is 2.70 bits per heavy atom. The average molecular weight is 333 g/mol. The van der Waals surface area contributed by atoms with Crippen molar-refractivity contribution >= 4 is 29.6 Å². The van der Waals surface area contributed by atoms with Gasteiger partial charge in [-0.25, -0.2) is 10.4 Å². The zero-order valence-corrected chi connectivity index (χ0v) is 12.7. The van der Waals surface area contributed by atoms with Gasteiger partial charge in [-0.1, -0.05) is 11.6 Å². The summed E-state index contributed by atoms with van der Waals surface area (Å²) >= 11 is 5.81. The normalized spacial score (nSPS) is 10.5. The molecule has 0 fully saturated rings. The van der Waals surface area contributed by atoms with Crippen molar-refractivity contribution in [2.45, 2.75) is 0 Å². The number of benzene rings is 1. The topological polar surface area (TPSA) is 107 Å². The number of nitrogens with one attached hydrogen (secondary N) is 1. The van der Waals surface area contributed by atoms with Crippen LogP contribution < -0.4 is 15.9 Å². The highest BCUT2D eigenvalue weighted by Crippen LogP contribution is 2.12. The third kappa shape index (κ3) is 5.08. The summed E-state index contributed by atoms with van der Waals surface area (Å²) in [6.45, 7) is -0.185. The van der Waals surface area contributed by atoms with E-state index in [2.05, 4.69) is 15.5 Å². The van der Waals surface area contributed by atoms with Crippen LogP contribution in [0.4, 0.5) is 0 Å². The van der Waals surface area contributed by atoms with Gasteiger partial charge in [0.05, 0.1) is 11.8 Å². The molecule has 0 bridgehead atoms. The first-order valence-corrected chi connectivity index (χ1v) is 6.89. The SMILES string of the molecule is NC(=O)COc1ccc(/C=N/NC(=O)c2cccnc2Cl)cc1. The number of hydrogen-bond acceptors (Lipinski definition) is 5. The molecule has 3 N–H and O–H groups in total. The Morgan fingerprint density at radius 2 is 2.04 bits per heavy atom. The molecule has 2 aromatic rings. The van der Waals surface area contributed by atoms with E-state index in [9.17, 15) is 9.59 Å². The quantitative estimate of drug-likeness (QED) is 0.473. The molecule has 0 spiro atoms. The summed E-state index contributed by atoms with van der Waals surface area (Å²) in [7, 11) is 0. The van der Waals surface area contributed by atoms with Gasteiger partial charge in [-0.05, 0) is 42.0 Å². The van der Waals surface area contributed by atoms with Crippen molar-refractivity contribution in [3.63, 3.8) is 0 Å². The molecular formula is C15H13ClN4O3. The Morgan fingerprint density at radius 1 is 1.30 bits per heavy atom. The van der Waals surface area contributed by atoms with Crippen LogP contribution in [0.1, 0.15) is 15.9 Å². The Bertz CT molecular complexity index is 732. The number of hydrazone groups is 1. The maximum absolute atomic E-state index is 11.8. The van der Waals surface area contributed by atoms with Gasteiger partial charge in [0.1, 0.15) is 10.9 Å². The van der Waals surface area contributed by atoms with E-state index in [1.807, 2.05) is 0 Å². The van der Waals surface area contributed by atoms with E-state index in [1.165, 1.54) is 12.4 Å². The van der Waals surface area contributed by atoms with E-state index in [4.69, 9.17) is 22.1 Å². The van der Waals surface area contributed by atoms with Crippen LogP contribution in [-0.2, 0) is 4.79 Å². The third-order valence-corrected chi connectivity index (χ3v) is 2.95.